The lowest BCUT2D eigenvalue weighted by atomic mass is 10.2. The molecule has 2 N–H and O–H groups in total. The molecule has 0 radical (unpaired) electrons. The van der Waals surface area contributed by atoms with Gasteiger partial charge in [0.15, 0.2) is 0 Å². The zero-order valence-electron chi connectivity index (χ0n) is 7.03. The first kappa shape index (κ1) is 8.65. The highest BCUT2D eigenvalue weighted by Gasteiger charge is 2.38. The van der Waals surface area contributed by atoms with Crippen molar-refractivity contribution in [1.29, 1.82) is 0 Å². The maximum atomic E-state index is 10.4. The molecule has 70 valence electrons. The fourth-order valence-corrected chi connectivity index (χ4v) is 2.22. The van der Waals surface area contributed by atoms with E-state index in [0.29, 0.717) is 0 Å². The lowest BCUT2D eigenvalue weighted by Gasteiger charge is -2.03. The summed E-state index contributed by atoms with van der Waals surface area (Å²) in [6, 6.07) is 3.35. The molecule has 1 heterocycles. The van der Waals surface area contributed by atoms with Gasteiger partial charge in [-0.2, -0.15) is 0 Å². The molecule has 2 rings (SSSR count). The number of nitro groups is 1. The van der Waals surface area contributed by atoms with Crippen molar-refractivity contribution < 1.29 is 4.92 Å². The highest BCUT2D eigenvalue weighted by molar-refractivity contribution is 7.15. The molecule has 1 aliphatic carbocycles. The number of hydrogen-bond acceptors (Lipinski definition) is 4. The van der Waals surface area contributed by atoms with Crippen molar-refractivity contribution in [1.82, 2.24) is 0 Å². The molecule has 0 bridgehead atoms. The van der Waals surface area contributed by atoms with E-state index in [1.165, 1.54) is 11.3 Å². The van der Waals surface area contributed by atoms with E-state index in [4.69, 9.17) is 5.73 Å². The van der Waals surface area contributed by atoms with Crippen LogP contribution in [0.3, 0.4) is 0 Å². The van der Waals surface area contributed by atoms with Gasteiger partial charge in [-0.1, -0.05) is 11.3 Å². The van der Waals surface area contributed by atoms with Crippen LogP contribution in [0.1, 0.15) is 17.7 Å². The lowest BCUT2D eigenvalue weighted by Crippen LogP contribution is -2.23. The van der Waals surface area contributed by atoms with Gasteiger partial charge in [0.05, 0.1) is 4.92 Å². The Balaban J connectivity index is 2.09. The third-order valence-corrected chi connectivity index (χ3v) is 3.28. The molecule has 0 amide bonds. The summed E-state index contributed by atoms with van der Waals surface area (Å²) in [6.45, 7) is 0. The Kier molecular flexibility index (Phi) is 1.85. The van der Waals surface area contributed by atoms with Crippen LogP contribution in [0.15, 0.2) is 12.1 Å². The fraction of sp³-hybridized carbons (Fsp3) is 0.500. The topological polar surface area (TPSA) is 69.2 Å². The van der Waals surface area contributed by atoms with Crippen LogP contribution >= 0.6 is 11.3 Å². The molecule has 1 aromatic rings. The summed E-state index contributed by atoms with van der Waals surface area (Å²) in [4.78, 5) is 11.0. The molecule has 0 aliphatic heterocycles. The molecule has 0 aromatic carbocycles. The second kappa shape index (κ2) is 2.78. The fourth-order valence-electron chi connectivity index (χ4n) is 1.24. The van der Waals surface area contributed by atoms with Crippen molar-refractivity contribution in [2.45, 2.75) is 24.8 Å². The van der Waals surface area contributed by atoms with Crippen molar-refractivity contribution in [2.24, 2.45) is 5.73 Å². The maximum absolute atomic E-state index is 10.4. The van der Waals surface area contributed by atoms with Gasteiger partial charge in [-0.05, 0) is 25.3 Å². The number of thiophene rings is 1. The van der Waals surface area contributed by atoms with Crippen LogP contribution in [0.25, 0.3) is 0 Å². The second-order valence-electron chi connectivity index (χ2n) is 3.54. The normalized spacial score (nSPS) is 18.5. The zero-order valence-corrected chi connectivity index (χ0v) is 7.84. The van der Waals surface area contributed by atoms with E-state index in [1.807, 2.05) is 0 Å². The Morgan fingerprint density at radius 2 is 2.31 bits per heavy atom. The monoisotopic (exact) mass is 198 g/mol. The number of hydrogen-bond donors (Lipinski definition) is 1. The molecule has 0 atom stereocenters. The van der Waals surface area contributed by atoms with Gasteiger partial charge in [0.25, 0.3) is 0 Å². The Labute approximate surface area is 79.5 Å². The Hall–Kier alpha value is -0.940. The van der Waals surface area contributed by atoms with E-state index in [9.17, 15) is 10.1 Å². The van der Waals surface area contributed by atoms with Gasteiger partial charge in [0, 0.05) is 16.5 Å². The molecule has 0 spiro atoms. The van der Waals surface area contributed by atoms with Crippen LogP contribution in [0.2, 0.25) is 0 Å². The number of nitrogens with zero attached hydrogens (tertiary/aromatic N) is 1. The van der Waals surface area contributed by atoms with E-state index >= 15 is 0 Å². The highest BCUT2D eigenvalue weighted by atomic mass is 32.1. The molecule has 1 saturated carbocycles. The smallest absolute Gasteiger partial charge is 0.324 e. The van der Waals surface area contributed by atoms with E-state index in [1.54, 1.807) is 12.1 Å². The number of rotatable bonds is 3. The van der Waals surface area contributed by atoms with Gasteiger partial charge in [0.2, 0.25) is 0 Å². The zero-order chi connectivity index (χ0) is 9.47. The molecule has 1 fully saturated rings. The minimum Gasteiger partial charge on any atom is -0.325 e. The summed E-state index contributed by atoms with van der Waals surface area (Å²) in [6.07, 6.45) is 2.86. The van der Waals surface area contributed by atoms with E-state index in [2.05, 4.69) is 0 Å². The average Bonchev–Trinajstić information content (AvgIpc) is 2.62. The van der Waals surface area contributed by atoms with Gasteiger partial charge < -0.3 is 5.73 Å². The first-order valence-electron chi connectivity index (χ1n) is 4.11. The molecular formula is C8H10N2O2S. The summed E-state index contributed by atoms with van der Waals surface area (Å²) < 4.78 is 0. The van der Waals surface area contributed by atoms with E-state index in [0.717, 1.165) is 24.1 Å². The van der Waals surface area contributed by atoms with E-state index in [-0.39, 0.29) is 15.5 Å². The maximum Gasteiger partial charge on any atom is 0.324 e. The summed E-state index contributed by atoms with van der Waals surface area (Å²) in [5.41, 5.74) is 5.84. The minimum atomic E-state index is -0.357. The molecule has 1 aromatic heterocycles. The average molecular weight is 198 g/mol. The molecule has 1 aliphatic rings. The van der Waals surface area contributed by atoms with E-state index < -0.39 is 0 Å². The third-order valence-electron chi connectivity index (χ3n) is 2.25. The first-order valence-corrected chi connectivity index (χ1v) is 4.93. The van der Waals surface area contributed by atoms with Crippen molar-refractivity contribution in [2.75, 3.05) is 0 Å². The molecule has 0 unspecified atom stereocenters. The van der Waals surface area contributed by atoms with Gasteiger partial charge >= 0.3 is 5.00 Å². The molecule has 4 nitrogen and oxygen atoms in total. The van der Waals surface area contributed by atoms with Gasteiger partial charge in [-0.15, -0.1) is 0 Å². The quantitative estimate of drug-likeness (QED) is 0.593. The van der Waals surface area contributed by atoms with Crippen molar-refractivity contribution in [3.63, 3.8) is 0 Å². The van der Waals surface area contributed by atoms with Crippen molar-refractivity contribution in [3.8, 4) is 0 Å². The Morgan fingerprint density at radius 3 is 2.77 bits per heavy atom. The Bertz CT molecular complexity index is 344. The van der Waals surface area contributed by atoms with Crippen LogP contribution in [0.5, 0.6) is 0 Å². The highest BCUT2D eigenvalue weighted by Crippen LogP contribution is 2.38. The summed E-state index contributed by atoms with van der Waals surface area (Å²) >= 11 is 1.23. The van der Waals surface area contributed by atoms with Crippen LogP contribution in [0, 0.1) is 10.1 Å². The SMILES string of the molecule is NC1(Cc2ccc([N+](=O)[O-])s2)CC1. The third kappa shape index (κ3) is 1.87. The predicted octanol–water partition coefficient (Wildman–Crippen LogP) is 1.69. The summed E-state index contributed by atoms with van der Waals surface area (Å²) in [5, 5.41) is 10.6. The molecule has 13 heavy (non-hydrogen) atoms. The lowest BCUT2D eigenvalue weighted by molar-refractivity contribution is -0.380. The molecular weight excluding hydrogens is 188 g/mol. The summed E-state index contributed by atoms with van der Waals surface area (Å²) in [5.74, 6) is 0. The van der Waals surface area contributed by atoms with Crippen LogP contribution in [-0.4, -0.2) is 10.5 Å². The van der Waals surface area contributed by atoms with Crippen LogP contribution < -0.4 is 5.73 Å². The summed E-state index contributed by atoms with van der Waals surface area (Å²) in [7, 11) is 0. The largest absolute Gasteiger partial charge is 0.325 e. The Morgan fingerprint density at radius 1 is 1.62 bits per heavy atom. The van der Waals surface area contributed by atoms with Crippen LogP contribution in [0.4, 0.5) is 5.00 Å². The minimum absolute atomic E-state index is 0.0568. The van der Waals surface area contributed by atoms with Crippen LogP contribution in [-0.2, 0) is 6.42 Å². The first-order chi connectivity index (χ1) is 6.09. The van der Waals surface area contributed by atoms with Gasteiger partial charge in [-0.3, -0.25) is 10.1 Å². The number of nitrogens with two attached hydrogens (primary N) is 1. The second-order valence-corrected chi connectivity index (χ2v) is 4.68. The van der Waals surface area contributed by atoms with Gasteiger partial charge in [-0.25, -0.2) is 0 Å². The molecule has 5 heteroatoms. The predicted molar refractivity (Wildman–Crippen MR) is 50.8 cm³/mol. The standard InChI is InChI=1S/C8H10N2O2S/c9-8(3-4-8)5-6-1-2-7(13-6)10(11)12/h1-2H,3-5,9H2. The molecule has 0 saturated heterocycles. The van der Waals surface area contributed by atoms with Gasteiger partial charge in [0.1, 0.15) is 0 Å². The van der Waals surface area contributed by atoms with Crippen molar-refractivity contribution in [3.05, 3.63) is 27.1 Å². The van der Waals surface area contributed by atoms with Crippen molar-refractivity contribution >= 4 is 16.3 Å².